The molecule has 0 aliphatic carbocycles. The summed E-state index contributed by atoms with van der Waals surface area (Å²) in [5, 5.41) is 5.73. The van der Waals surface area contributed by atoms with Crippen molar-refractivity contribution in [1.82, 2.24) is 5.32 Å². The Morgan fingerprint density at radius 2 is 1.82 bits per heavy atom. The Morgan fingerprint density at radius 3 is 2.50 bits per heavy atom. The van der Waals surface area contributed by atoms with Gasteiger partial charge in [-0.25, -0.2) is 4.79 Å². The van der Waals surface area contributed by atoms with Gasteiger partial charge in [0.25, 0.3) is 0 Å². The maximum Gasteiger partial charge on any atom is 0.319 e. The molecule has 1 atom stereocenters. The van der Waals surface area contributed by atoms with E-state index in [1.807, 2.05) is 32.0 Å². The van der Waals surface area contributed by atoms with Crippen LogP contribution < -0.4 is 25.0 Å². The minimum atomic E-state index is -0.320. The fourth-order valence-corrected chi connectivity index (χ4v) is 3.34. The Morgan fingerprint density at radius 1 is 1.07 bits per heavy atom. The Kier molecular flexibility index (Phi) is 5.73. The number of nitrogens with one attached hydrogen (secondary N) is 2. The molecule has 0 unspecified atom stereocenters. The highest BCUT2D eigenvalue weighted by Gasteiger charge is 2.32. The summed E-state index contributed by atoms with van der Waals surface area (Å²) in [4.78, 5) is 26.4. The summed E-state index contributed by atoms with van der Waals surface area (Å²) in [7, 11) is 3.11. The third kappa shape index (κ3) is 4.19. The second kappa shape index (κ2) is 8.21. The van der Waals surface area contributed by atoms with E-state index in [-0.39, 0.29) is 24.4 Å². The average molecular weight is 383 g/mol. The molecule has 1 saturated heterocycles. The maximum atomic E-state index is 12.5. The van der Waals surface area contributed by atoms with Crippen molar-refractivity contribution in [2.24, 2.45) is 0 Å². The highest BCUT2D eigenvalue weighted by Crippen LogP contribution is 2.33. The third-order valence-corrected chi connectivity index (χ3v) is 4.77. The fourth-order valence-electron chi connectivity index (χ4n) is 3.34. The van der Waals surface area contributed by atoms with E-state index in [2.05, 4.69) is 10.6 Å². The number of nitrogens with zero attached hydrogens (tertiary/aromatic N) is 1. The number of hydrogen-bond acceptors (Lipinski definition) is 4. The predicted molar refractivity (Wildman–Crippen MR) is 108 cm³/mol. The van der Waals surface area contributed by atoms with Crippen LogP contribution in [-0.4, -0.2) is 38.7 Å². The first-order valence-electron chi connectivity index (χ1n) is 9.08. The van der Waals surface area contributed by atoms with Crippen molar-refractivity contribution in [3.8, 4) is 11.5 Å². The molecule has 3 rings (SSSR count). The monoisotopic (exact) mass is 383 g/mol. The van der Waals surface area contributed by atoms with E-state index in [1.165, 1.54) is 0 Å². The number of aryl methyl sites for hydroxylation is 2. The summed E-state index contributed by atoms with van der Waals surface area (Å²) in [5.74, 6) is 1.10. The fraction of sp³-hybridized carbons (Fsp3) is 0.333. The lowest BCUT2D eigenvalue weighted by molar-refractivity contribution is -0.117. The van der Waals surface area contributed by atoms with E-state index in [9.17, 15) is 9.59 Å². The largest absolute Gasteiger partial charge is 0.493 e. The van der Waals surface area contributed by atoms with Crippen molar-refractivity contribution in [3.05, 3.63) is 47.5 Å². The summed E-state index contributed by atoms with van der Waals surface area (Å²) in [6, 6.07) is 10.6. The molecule has 3 amide bonds. The molecule has 7 nitrogen and oxygen atoms in total. The number of urea groups is 1. The molecule has 0 saturated carbocycles. The van der Waals surface area contributed by atoms with Crippen LogP contribution in [0, 0.1) is 13.8 Å². The van der Waals surface area contributed by atoms with E-state index in [1.54, 1.807) is 37.3 Å². The van der Waals surface area contributed by atoms with E-state index in [0.29, 0.717) is 23.7 Å². The van der Waals surface area contributed by atoms with E-state index in [4.69, 9.17) is 9.47 Å². The molecule has 1 heterocycles. The van der Waals surface area contributed by atoms with Crippen LogP contribution >= 0.6 is 0 Å². The van der Waals surface area contributed by atoms with Crippen molar-refractivity contribution in [3.63, 3.8) is 0 Å². The molecule has 2 aromatic rings. The van der Waals surface area contributed by atoms with Crippen LogP contribution in [-0.2, 0) is 4.79 Å². The summed E-state index contributed by atoms with van der Waals surface area (Å²) in [6.07, 6.45) is 0.245. The van der Waals surface area contributed by atoms with Crippen molar-refractivity contribution in [2.45, 2.75) is 26.3 Å². The number of anilines is 2. The van der Waals surface area contributed by atoms with Gasteiger partial charge in [-0.05, 0) is 37.6 Å². The van der Waals surface area contributed by atoms with Crippen LogP contribution in [0.2, 0.25) is 0 Å². The zero-order valence-electron chi connectivity index (χ0n) is 16.5. The normalized spacial score (nSPS) is 16.1. The second-order valence-electron chi connectivity index (χ2n) is 6.86. The SMILES string of the molecule is COc1ccc(N2C[C@@H](NC(=O)Nc3ccc(C)cc3C)CC2=O)cc1OC. The quantitative estimate of drug-likeness (QED) is 0.831. The summed E-state index contributed by atoms with van der Waals surface area (Å²) < 4.78 is 10.5. The molecule has 2 N–H and O–H groups in total. The zero-order valence-corrected chi connectivity index (χ0v) is 16.5. The first-order chi connectivity index (χ1) is 13.4. The topological polar surface area (TPSA) is 79.9 Å². The van der Waals surface area contributed by atoms with Gasteiger partial charge in [-0.2, -0.15) is 0 Å². The van der Waals surface area contributed by atoms with Crippen molar-refractivity contribution < 1.29 is 19.1 Å². The van der Waals surface area contributed by atoms with Gasteiger partial charge in [0, 0.05) is 30.4 Å². The molecule has 0 radical (unpaired) electrons. The number of carbonyl (C=O) groups is 2. The van der Waals surface area contributed by atoms with Crippen LogP contribution in [0.3, 0.4) is 0 Å². The molecule has 1 aliphatic heterocycles. The average Bonchev–Trinajstić information content (AvgIpc) is 3.03. The van der Waals surface area contributed by atoms with E-state index < -0.39 is 0 Å². The van der Waals surface area contributed by atoms with Gasteiger partial charge < -0.3 is 25.0 Å². The van der Waals surface area contributed by atoms with Crippen LogP contribution in [0.4, 0.5) is 16.2 Å². The molecule has 0 aromatic heterocycles. The number of ether oxygens (including phenoxy) is 2. The molecule has 1 fully saturated rings. The van der Waals surface area contributed by atoms with Crippen LogP contribution in [0.1, 0.15) is 17.5 Å². The predicted octanol–water partition coefficient (Wildman–Crippen LogP) is 3.25. The zero-order chi connectivity index (χ0) is 20.3. The molecule has 1 aliphatic rings. The van der Waals surface area contributed by atoms with Crippen LogP contribution in [0.5, 0.6) is 11.5 Å². The molecule has 28 heavy (non-hydrogen) atoms. The number of hydrogen-bond donors (Lipinski definition) is 2. The van der Waals surface area contributed by atoms with Gasteiger partial charge in [-0.1, -0.05) is 17.7 Å². The molecule has 2 aromatic carbocycles. The van der Waals surface area contributed by atoms with Gasteiger partial charge in [0.15, 0.2) is 11.5 Å². The highest BCUT2D eigenvalue weighted by atomic mass is 16.5. The number of rotatable bonds is 5. The Labute approximate surface area is 164 Å². The first-order valence-corrected chi connectivity index (χ1v) is 9.08. The second-order valence-corrected chi connectivity index (χ2v) is 6.86. The molecule has 148 valence electrons. The van der Waals surface area contributed by atoms with Crippen molar-refractivity contribution in [1.29, 1.82) is 0 Å². The van der Waals surface area contributed by atoms with E-state index in [0.717, 1.165) is 16.8 Å². The number of methoxy groups -OCH3 is 2. The van der Waals surface area contributed by atoms with E-state index >= 15 is 0 Å². The summed E-state index contributed by atoms with van der Waals surface area (Å²) in [5.41, 5.74) is 3.59. The Bertz CT molecular complexity index is 897. The smallest absolute Gasteiger partial charge is 0.319 e. The molecular weight excluding hydrogens is 358 g/mol. The molecule has 0 bridgehead atoms. The molecular formula is C21H25N3O4. The lowest BCUT2D eigenvalue weighted by Crippen LogP contribution is -2.39. The molecule has 7 heteroatoms. The van der Waals surface area contributed by atoms with Crippen molar-refractivity contribution in [2.75, 3.05) is 31.0 Å². The lowest BCUT2D eigenvalue weighted by atomic mass is 10.1. The van der Waals surface area contributed by atoms with Gasteiger partial charge in [-0.3, -0.25) is 4.79 Å². The van der Waals surface area contributed by atoms with Crippen molar-refractivity contribution >= 4 is 23.3 Å². The highest BCUT2D eigenvalue weighted by molar-refractivity contribution is 5.98. The van der Waals surface area contributed by atoms with Gasteiger partial charge in [-0.15, -0.1) is 0 Å². The van der Waals surface area contributed by atoms with Crippen LogP contribution in [0.25, 0.3) is 0 Å². The van der Waals surface area contributed by atoms with Crippen LogP contribution in [0.15, 0.2) is 36.4 Å². The lowest BCUT2D eigenvalue weighted by Gasteiger charge is -2.19. The standard InChI is InChI=1S/C21H25N3O4/c1-13-5-7-17(14(2)9-13)23-21(26)22-15-10-20(25)24(12-15)16-6-8-18(27-3)19(11-16)28-4/h5-9,11,15H,10,12H2,1-4H3,(H2,22,23,26)/t15-/m0/s1. The molecule has 0 spiro atoms. The summed E-state index contributed by atoms with van der Waals surface area (Å²) in [6.45, 7) is 4.35. The Balaban J connectivity index is 1.65. The van der Waals surface area contributed by atoms with Gasteiger partial charge in [0.2, 0.25) is 5.91 Å². The van der Waals surface area contributed by atoms with Gasteiger partial charge >= 0.3 is 6.03 Å². The third-order valence-electron chi connectivity index (χ3n) is 4.77. The Hall–Kier alpha value is -3.22. The van der Waals surface area contributed by atoms with Gasteiger partial charge in [0.1, 0.15) is 0 Å². The van der Waals surface area contributed by atoms with Gasteiger partial charge in [0.05, 0.1) is 20.3 Å². The summed E-state index contributed by atoms with van der Waals surface area (Å²) >= 11 is 0. The minimum absolute atomic E-state index is 0.0518. The first kappa shape index (κ1) is 19.5. The number of amides is 3. The minimum Gasteiger partial charge on any atom is -0.493 e. The number of benzene rings is 2. The maximum absolute atomic E-state index is 12.5. The number of carbonyl (C=O) groups excluding carboxylic acids is 2.